The number of unbranched alkanes of at least 4 members (excludes halogenated alkanes) is 1. The average Bonchev–Trinajstić information content (AvgIpc) is 2.29. The van der Waals surface area contributed by atoms with Crippen molar-refractivity contribution < 1.29 is 4.79 Å². The van der Waals surface area contributed by atoms with Gasteiger partial charge in [0.1, 0.15) is 6.07 Å². The fourth-order valence-electron chi connectivity index (χ4n) is 1.34. The van der Waals surface area contributed by atoms with Crippen LogP contribution in [0.2, 0.25) is 5.02 Å². The van der Waals surface area contributed by atoms with E-state index in [0.717, 1.165) is 12.8 Å². The monoisotopic (exact) mass is 251 g/mol. The molecule has 0 aliphatic rings. The van der Waals surface area contributed by atoms with Gasteiger partial charge >= 0.3 is 0 Å². The second kappa shape index (κ2) is 6.89. The Balaban J connectivity index is 2.55. The summed E-state index contributed by atoms with van der Waals surface area (Å²) in [5.74, 6) is -0.0702. The number of nitrogens with one attached hydrogen (secondary N) is 1. The van der Waals surface area contributed by atoms with Crippen molar-refractivity contribution in [3.8, 4) is 6.07 Å². The quantitative estimate of drug-likeness (QED) is 0.788. The van der Waals surface area contributed by atoms with Gasteiger partial charge in [0.2, 0.25) is 5.91 Å². The highest BCUT2D eigenvalue weighted by atomic mass is 35.5. The van der Waals surface area contributed by atoms with Gasteiger partial charge in [-0.2, -0.15) is 5.26 Å². The molecule has 0 spiro atoms. The Morgan fingerprint density at radius 2 is 2.24 bits per heavy atom. The molecule has 0 saturated heterocycles. The third kappa shape index (κ3) is 4.43. The Kier molecular flexibility index (Phi) is 5.47. The van der Waals surface area contributed by atoms with Crippen molar-refractivity contribution in [1.82, 2.24) is 0 Å². The molecule has 0 radical (unpaired) electrons. The first-order chi connectivity index (χ1) is 8.17. The third-order valence-corrected chi connectivity index (χ3v) is 2.54. The number of carbonyl (C=O) groups is 1. The number of hydrogen-bond acceptors (Lipinski definition) is 3. The molecule has 0 atom stereocenters. The van der Waals surface area contributed by atoms with Crippen LogP contribution in [0.5, 0.6) is 0 Å². The van der Waals surface area contributed by atoms with Crippen LogP contribution in [0.15, 0.2) is 18.2 Å². The van der Waals surface area contributed by atoms with E-state index in [1.165, 1.54) is 0 Å². The molecule has 0 heterocycles. The van der Waals surface area contributed by atoms with Crippen LogP contribution in [0, 0.1) is 11.3 Å². The Bertz CT molecular complexity index is 440. The molecule has 90 valence electrons. The van der Waals surface area contributed by atoms with E-state index in [1.807, 2.05) is 6.07 Å². The molecule has 0 unspecified atom stereocenters. The molecule has 0 aliphatic carbocycles. The largest absolute Gasteiger partial charge is 0.330 e. The maximum absolute atomic E-state index is 11.5. The maximum Gasteiger partial charge on any atom is 0.224 e. The standard InChI is InChI=1S/C12H14ClN3O/c13-11-7-10(5-4-9(11)8-15)16-12(17)3-1-2-6-14/h4-5,7H,1-3,6,14H2,(H,16,17). The first-order valence-corrected chi connectivity index (χ1v) is 5.74. The summed E-state index contributed by atoms with van der Waals surface area (Å²) in [6, 6.07) is 6.77. The van der Waals surface area contributed by atoms with Crippen molar-refractivity contribution in [2.45, 2.75) is 19.3 Å². The van der Waals surface area contributed by atoms with Gasteiger partial charge in [0.25, 0.3) is 0 Å². The molecular formula is C12H14ClN3O. The van der Waals surface area contributed by atoms with Crippen LogP contribution in [0.4, 0.5) is 5.69 Å². The smallest absolute Gasteiger partial charge is 0.224 e. The molecule has 4 nitrogen and oxygen atoms in total. The van der Waals surface area contributed by atoms with Crippen LogP contribution in [0.3, 0.4) is 0 Å². The molecule has 0 aliphatic heterocycles. The van der Waals surface area contributed by atoms with Gasteiger partial charge in [-0.25, -0.2) is 0 Å². The lowest BCUT2D eigenvalue weighted by atomic mass is 10.2. The Labute approximate surface area is 105 Å². The van der Waals surface area contributed by atoms with Crippen molar-refractivity contribution >= 4 is 23.2 Å². The van der Waals surface area contributed by atoms with Gasteiger partial charge in [0.15, 0.2) is 0 Å². The van der Waals surface area contributed by atoms with Crippen LogP contribution in [-0.4, -0.2) is 12.5 Å². The average molecular weight is 252 g/mol. The Morgan fingerprint density at radius 3 is 2.82 bits per heavy atom. The van der Waals surface area contributed by atoms with Crippen LogP contribution < -0.4 is 11.1 Å². The number of hydrogen-bond donors (Lipinski definition) is 2. The van der Waals surface area contributed by atoms with Gasteiger partial charge in [-0.05, 0) is 37.6 Å². The van der Waals surface area contributed by atoms with E-state index >= 15 is 0 Å². The first kappa shape index (κ1) is 13.5. The fraction of sp³-hybridized carbons (Fsp3) is 0.333. The molecule has 5 heteroatoms. The molecular weight excluding hydrogens is 238 g/mol. The zero-order valence-electron chi connectivity index (χ0n) is 9.37. The van der Waals surface area contributed by atoms with Gasteiger partial charge in [0.05, 0.1) is 10.6 Å². The molecule has 1 rings (SSSR count). The fourth-order valence-corrected chi connectivity index (χ4v) is 1.56. The summed E-state index contributed by atoms with van der Waals surface area (Å²) < 4.78 is 0. The van der Waals surface area contributed by atoms with Crippen LogP contribution >= 0.6 is 11.6 Å². The highest BCUT2D eigenvalue weighted by Crippen LogP contribution is 2.20. The molecule has 0 saturated carbocycles. The molecule has 1 aromatic carbocycles. The van der Waals surface area contributed by atoms with Gasteiger partial charge < -0.3 is 11.1 Å². The van der Waals surface area contributed by atoms with E-state index in [2.05, 4.69) is 5.32 Å². The van der Waals surface area contributed by atoms with Gasteiger partial charge in [0, 0.05) is 12.1 Å². The molecule has 1 aromatic rings. The van der Waals surface area contributed by atoms with Crippen LogP contribution in [0.1, 0.15) is 24.8 Å². The SMILES string of the molecule is N#Cc1ccc(NC(=O)CCCCN)cc1Cl. The molecule has 0 fully saturated rings. The highest BCUT2D eigenvalue weighted by molar-refractivity contribution is 6.32. The lowest BCUT2D eigenvalue weighted by Crippen LogP contribution is -2.12. The van der Waals surface area contributed by atoms with Crippen molar-refractivity contribution in [3.05, 3.63) is 28.8 Å². The number of halogens is 1. The minimum atomic E-state index is -0.0702. The van der Waals surface area contributed by atoms with E-state index in [0.29, 0.717) is 29.2 Å². The predicted molar refractivity (Wildman–Crippen MR) is 67.7 cm³/mol. The minimum absolute atomic E-state index is 0.0702. The predicted octanol–water partition coefficient (Wildman–Crippen LogP) is 2.28. The van der Waals surface area contributed by atoms with Crippen molar-refractivity contribution in [2.24, 2.45) is 5.73 Å². The summed E-state index contributed by atoms with van der Waals surface area (Å²) in [5.41, 5.74) is 6.34. The second-order valence-corrected chi connectivity index (χ2v) is 4.01. The third-order valence-electron chi connectivity index (χ3n) is 2.23. The highest BCUT2D eigenvalue weighted by Gasteiger charge is 2.04. The summed E-state index contributed by atoms with van der Waals surface area (Å²) in [5, 5.41) is 11.8. The molecule has 0 aromatic heterocycles. The number of amides is 1. The normalized spacial score (nSPS) is 9.71. The number of benzene rings is 1. The number of anilines is 1. The summed E-state index contributed by atoms with van der Waals surface area (Å²) in [4.78, 5) is 11.5. The number of carbonyl (C=O) groups excluding carboxylic acids is 1. The van der Waals surface area contributed by atoms with E-state index in [9.17, 15) is 4.79 Å². The van der Waals surface area contributed by atoms with Crippen molar-refractivity contribution in [1.29, 1.82) is 5.26 Å². The molecule has 17 heavy (non-hydrogen) atoms. The number of nitrogens with two attached hydrogens (primary N) is 1. The number of nitrogens with zero attached hydrogens (tertiary/aromatic N) is 1. The summed E-state index contributed by atoms with van der Waals surface area (Å²) in [7, 11) is 0. The zero-order valence-corrected chi connectivity index (χ0v) is 10.1. The summed E-state index contributed by atoms with van der Waals surface area (Å²) >= 11 is 5.85. The first-order valence-electron chi connectivity index (χ1n) is 5.37. The maximum atomic E-state index is 11.5. The van der Waals surface area contributed by atoms with Gasteiger partial charge in [-0.3, -0.25) is 4.79 Å². The topological polar surface area (TPSA) is 78.9 Å². The lowest BCUT2D eigenvalue weighted by Gasteiger charge is -2.05. The van der Waals surface area contributed by atoms with Gasteiger partial charge in [-0.15, -0.1) is 0 Å². The van der Waals surface area contributed by atoms with Crippen molar-refractivity contribution in [2.75, 3.05) is 11.9 Å². The van der Waals surface area contributed by atoms with E-state index in [4.69, 9.17) is 22.6 Å². The second-order valence-electron chi connectivity index (χ2n) is 3.60. The van der Waals surface area contributed by atoms with E-state index < -0.39 is 0 Å². The summed E-state index contributed by atoms with van der Waals surface area (Å²) in [6.07, 6.45) is 2.04. The molecule has 0 bridgehead atoms. The van der Waals surface area contributed by atoms with Crippen LogP contribution in [0.25, 0.3) is 0 Å². The number of rotatable bonds is 5. The summed E-state index contributed by atoms with van der Waals surface area (Å²) in [6.45, 7) is 0.593. The number of nitriles is 1. The van der Waals surface area contributed by atoms with Gasteiger partial charge in [-0.1, -0.05) is 11.6 Å². The Morgan fingerprint density at radius 1 is 1.47 bits per heavy atom. The minimum Gasteiger partial charge on any atom is -0.330 e. The van der Waals surface area contributed by atoms with E-state index in [-0.39, 0.29) is 5.91 Å². The van der Waals surface area contributed by atoms with Crippen LogP contribution in [-0.2, 0) is 4.79 Å². The zero-order chi connectivity index (χ0) is 12.7. The van der Waals surface area contributed by atoms with Crippen molar-refractivity contribution in [3.63, 3.8) is 0 Å². The molecule has 1 amide bonds. The van der Waals surface area contributed by atoms with E-state index in [1.54, 1.807) is 18.2 Å². The lowest BCUT2D eigenvalue weighted by molar-refractivity contribution is -0.116. The molecule has 3 N–H and O–H groups in total. The Hall–Kier alpha value is -1.57.